The molecule has 0 saturated carbocycles. The lowest BCUT2D eigenvalue weighted by Gasteiger charge is -2.40. The zero-order valence-electron chi connectivity index (χ0n) is 11.3. The molecule has 0 aromatic rings. The minimum Gasteiger partial charge on any atom is -0.381 e. The first-order chi connectivity index (χ1) is 8.72. The minimum absolute atomic E-state index is 0.0519. The van der Waals surface area contributed by atoms with Crippen molar-refractivity contribution in [3.63, 3.8) is 0 Å². The summed E-state index contributed by atoms with van der Waals surface area (Å²) in [6.07, 6.45) is -3.65. The summed E-state index contributed by atoms with van der Waals surface area (Å²) in [6, 6.07) is -0.514. The number of amides is 1. The lowest BCUT2D eigenvalue weighted by molar-refractivity contribution is -0.174. The van der Waals surface area contributed by atoms with E-state index in [0.717, 1.165) is 4.90 Å². The van der Waals surface area contributed by atoms with Crippen molar-refractivity contribution >= 4 is 5.91 Å². The fourth-order valence-corrected chi connectivity index (χ4v) is 2.25. The van der Waals surface area contributed by atoms with E-state index in [0.29, 0.717) is 26.1 Å². The molecule has 19 heavy (non-hydrogen) atoms. The summed E-state index contributed by atoms with van der Waals surface area (Å²) in [4.78, 5) is 13.3. The Kier molecular flexibility index (Phi) is 5.20. The molecule has 2 N–H and O–H groups in total. The van der Waals surface area contributed by atoms with Gasteiger partial charge >= 0.3 is 6.18 Å². The number of hydrogen-bond donors (Lipinski definition) is 1. The van der Waals surface area contributed by atoms with Gasteiger partial charge in [0.05, 0.1) is 5.41 Å². The van der Waals surface area contributed by atoms with Crippen LogP contribution in [0, 0.1) is 5.41 Å². The lowest BCUT2D eigenvalue weighted by Crippen LogP contribution is -2.54. The van der Waals surface area contributed by atoms with Crippen LogP contribution in [0.1, 0.15) is 26.7 Å². The Morgan fingerprint density at radius 3 is 2.26 bits per heavy atom. The molecule has 0 aliphatic carbocycles. The molecule has 1 heterocycles. The monoisotopic (exact) mass is 282 g/mol. The van der Waals surface area contributed by atoms with Crippen molar-refractivity contribution in [2.75, 3.05) is 26.3 Å². The fourth-order valence-electron chi connectivity index (χ4n) is 2.25. The Morgan fingerprint density at radius 1 is 1.37 bits per heavy atom. The van der Waals surface area contributed by atoms with Crippen molar-refractivity contribution in [2.45, 2.75) is 38.9 Å². The smallest absolute Gasteiger partial charge is 0.381 e. The summed E-state index contributed by atoms with van der Waals surface area (Å²) in [5.41, 5.74) is 4.75. The highest BCUT2D eigenvalue weighted by atomic mass is 19.4. The summed E-state index contributed by atoms with van der Waals surface area (Å²) < 4.78 is 42.9. The Hall–Kier alpha value is -0.820. The number of rotatable bonds is 4. The van der Waals surface area contributed by atoms with Gasteiger partial charge in [0.2, 0.25) is 5.91 Å². The zero-order valence-corrected chi connectivity index (χ0v) is 11.3. The summed E-state index contributed by atoms with van der Waals surface area (Å²) in [5, 5.41) is 0. The molecular weight excluding hydrogens is 261 g/mol. The van der Waals surface area contributed by atoms with Gasteiger partial charge in [0.15, 0.2) is 0 Å². The van der Waals surface area contributed by atoms with Crippen LogP contribution < -0.4 is 5.73 Å². The topological polar surface area (TPSA) is 55.6 Å². The zero-order chi connectivity index (χ0) is 14.7. The second-order valence-corrected chi connectivity index (χ2v) is 5.24. The van der Waals surface area contributed by atoms with Gasteiger partial charge in [-0.2, -0.15) is 13.2 Å². The van der Waals surface area contributed by atoms with Crippen molar-refractivity contribution in [1.82, 2.24) is 4.90 Å². The average molecular weight is 282 g/mol. The summed E-state index contributed by atoms with van der Waals surface area (Å²) in [6.45, 7) is 2.70. The summed E-state index contributed by atoms with van der Waals surface area (Å²) in [5.74, 6) is -0.509. The number of carbonyl (C=O) groups is 1. The van der Waals surface area contributed by atoms with Gasteiger partial charge in [-0.3, -0.25) is 4.79 Å². The molecule has 0 bridgehead atoms. The summed E-state index contributed by atoms with van der Waals surface area (Å²) in [7, 11) is 0. The van der Waals surface area contributed by atoms with Crippen molar-refractivity contribution in [1.29, 1.82) is 0 Å². The molecule has 1 aliphatic heterocycles. The molecule has 0 unspecified atom stereocenters. The van der Waals surface area contributed by atoms with E-state index in [9.17, 15) is 18.0 Å². The maximum absolute atomic E-state index is 12.6. The first-order valence-electron chi connectivity index (χ1n) is 6.37. The Balaban J connectivity index is 2.91. The number of halogens is 3. The lowest BCUT2D eigenvalue weighted by atomic mass is 9.78. The highest BCUT2D eigenvalue weighted by molar-refractivity contribution is 5.83. The number of ether oxygens (including phenoxy) is 1. The molecule has 0 aromatic carbocycles. The molecule has 0 spiro atoms. The third-order valence-corrected chi connectivity index (χ3v) is 3.53. The Bertz CT molecular complexity index is 313. The van der Waals surface area contributed by atoms with Crippen LogP contribution in [0.4, 0.5) is 13.2 Å². The first-order valence-corrected chi connectivity index (χ1v) is 6.37. The van der Waals surface area contributed by atoms with Crippen LogP contribution in [0.15, 0.2) is 0 Å². The molecular formula is C12H21F3N2O2. The van der Waals surface area contributed by atoms with Gasteiger partial charge < -0.3 is 15.4 Å². The van der Waals surface area contributed by atoms with Gasteiger partial charge in [-0.05, 0) is 26.7 Å². The van der Waals surface area contributed by atoms with Gasteiger partial charge in [-0.15, -0.1) is 0 Å². The fraction of sp³-hybridized carbons (Fsp3) is 0.917. The number of hydrogen-bond acceptors (Lipinski definition) is 3. The molecule has 1 fully saturated rings. The third-order valence-electron chi connectivity index (χ3n) is 3.53. The third kappa shape index (κ3) is 4.07. The second-order valence-electron chi connectivity index (χ2n) is 5.24. The summed E-state index contributed by atoms with van der Waals surface area (Å²) >= 11 is 0. The van der Waals surface area contributed by atoms with E-state index >= 15 is 0 Å². The van der Waals surface area contributed by atoms with E-state index in [-0.39, 0.29) is 6.54 Å². The molecule has 7 heteroatoms. The molecule has 0 atom stereocenters. The molecule has 1 saturated heterocycles. The van der Waals surface area contributed by atoms with Gasteiger partial charge in [-0.25, -0.2) is 0 Å². The number of carbonyl (C=O) groups excluding carboxylic acids is 1. The molecule has 112 valence electrons. The molecule has 0 aromatic heterocycles. The van der Waals surface area contributed by atoms with Crippen LogP contribution in [0.3, 0.4) is 0 Å². The molecule has 1 amide bonds. The largest absolute Gasteiger partial charge is 0.406 e. The van der Waals surface area contributed by atoms with Crippen molar-refractivity contribution in [2.24, 2.45) is 11.1 Å². The Labute approximate surface area is 111 Å². The second kappa shape index (κ2) is 6.09. The molecule has 1 aliphatic rings. The van der Waals surface area contributed by atoms with Crippen molar-refractivity contribution in [3.8, 4) is 0 Å². The van der Waals surface area contributed by atoms with Crippen LogP contribution >= 0.6 is 0 Å². The van der Waals surface area contributed by atoms with Crippen LogP contribution in [0.5, 0.6) is 0 Å². The van der Waals surface area contributed by atoms with E-state index in [2.05, 4.69) is 0 Å². The van der Waals surface area contributed by atoms with Crippen molar-refractivity contribution in [3.05, 3.63) is 0 Å². The molecule has 4 nitrogen and oxygen atoms in total. The van der Waals surface area contributed by atoms with Crippen molar-refractivity contribution < 1.29 is 22.7 Å². The quantitative estimate of drug-likeness (QED) is 0.851. The Morgan fingerprint density at radius 2 is 1.89 bits per heavy atom. The minimum atomic E-state index is -4.40. The normalized spacial score (nSPS) is 19.5. The van der Waals surface area contributed by atoms with Gasteiger partial charge in [0.25, 0.3) is 0 Å². The maximum atomic E-state index is 12.6. The van der Waals surface area contributed by atoms with Gasteiger partial charge in [-0.1, -0.05) is 0 Å². The highest BCUT2D eigenvalue weighted by Crippen LogP contribution is 2.33. The van der Waals surface area contributed by atoms with Crippen LogP contribution in [-0.4, -0.2) is 49.3 Å². The predicted octanol–water partition coefficient (Wildman–Crippen LogP) is 1.54. The predicted molar refractivity (Wildman–Crippen MR) is 64.4 cm³/mol. The standard InChI is InChI=1S/C12H21F3N2O2/c1-9(2)17(8-12(13,14)15)10(18)11(7-16)3-5-19-6-4-11/h9H,3-8,16H2,1-2H3. The maximum Gasteiger partial charge on any atom is 0.406 e. The van der Waals surface area contributed by atoms with Gasteiger partial charge in [0, 0.05) is 25.8 Å². The average Bonchev–Trinajstić information content (AvgIpc) is 2.34. The highest BCUT2D eigenvalue weighted by Gasteiger charge is 2.45. The molecule has 0 radical (unpaired) electrons. The van der Waals surface area contributed by atoms with E-state index < -0.39 is 30.1 Å². The number of alkyl halides is 3. The van der Waals surface area contributed by atoms with Crippen LogP contribution in [0.2, 0.25) is 0 Å². The van der Waals surface area contributed by atoms with E-state index in [1.54, 1.807) is 13.8 Å². The van der Waals surface area contributed by atoms with Gasteiger partial charge in [0.1, 0.15) is 6.54 Å². The van der Waals surface area contributed by atoms with E-state index in [1.165, 1.54) is 0 Å². The van der Waals surface area contributed by atoms with E-state index in [1.807, 2.05) is 0 Å². The van der Waals surface area contributed by atoms with Crippen LogP contribution in [0.25, 0.3) is 0 Å². The first kappa shape index (κ1) is 16.2. The van der Waals surface area contributed by atoms with Crippen LogP contribution in [-0.2, 0) is 9.53 Å². The molecule has 1 rings (SSSR count). The number of nitrogens with two attached hydrogens (primary N) is 1. The SMILES string of the molecule is CC(C)N(CC(F)(F)F)C(=O)C1(CN)CCOCC1. The number of nitrogens with zero attached hydrogens (tertiary/aromatic N) is 1. The van der Waals surface area contributed by atoms with E-state index in [4.69, 9.17) is 10.5 Å².